The number of hydrogen-bond acceptors (Lipinski definition) is 3. The number of amides is 1. The van der Waals surface area contributed by atoms with Crippen molar-refractivity contribution in [1.82, 2.24) is 10.2 Å². The quantitative estimate of drug-likeness (QED) is 0.929. The molecule has 2 aliphatic heterocycles. The van der Waals surface area contributed by atoms with E-state index in [4.69, 9.17) is 4.74 Å². The second kappa shape index (κ2) is 7.66. The molecule has 1 unspecified atom stereocenters. The van der Waals surface area contributed by atoms with E-state index < -0.39 is 0 Å². The van der Waals surface area contributed by atoms with Crippen LogP contribution in [0.4, 0.5) is 0 Å². The van der Waals surface area contributed by atoms with Crippen LogP contribution >= 0.6 is 12.4 Å². The van der Waals surface area contributed by atoms with Crippen LogP contribution in [0.2, 0.25) is 0 Å². The zero-order chi connectivity index (χ0) is 13.8. The summed E-state index contributed by atoms with van der Waals surface area (Å²) in [6.45, 7) is 3.59. The molecule has 5 heteroatoms. The molecular weight excluding hydrogens is 288 g/mol. The summed E-state index contributed by atoms with van der Waals surface area (Å²) in [4.78, 5) is 14.1. The summed E-state index contributed by atoms with van der Waals surface area (Å²) in [5.41, 5.74) is 0.762. The molecule has 3 rings (SSSR count). The molecule has 0 bridgehead atoms. The van der Waals surface area contributed by atoms with Crippen molar-refractivity contribution in [2.24, 2.45) is 0 Å². The van der Waals surface area contributed by atoms with Crippen molar-refractivity contribution in [3.63, 3.8) is 0 Å². The average Bonchev–Trinajstić information content (AvgIpc) is 3.18. The van der Waals surface area contributed by atoms with E-state index in [2.05, 4.69) is 5.32 Å². The molecule has 0 radical (unpaired) electrons. The number of benzene rings is 1. The van der Waals surface area contributed by atoms with Crippen molar-refractivity contribution >= 4 is 18.3 Å². The Morgan fingerprint density at radius 3 is 2.52 bits per heavy atom. The second-order valence-electron chi connectivity index (χ2n) is 5.63. The Morgan fingerprint density at radius 1 is 1.19 bits per heavy atom. The minimum absolute atomic E-state index is 0. The maximum Gasteiger partial charge on any atom is 0.253 e. The molecule has 1 atom stereocenters. The van der Waals surface area contributed by atoms with Gasteiger partial charge in [-0.2, -0.15) is 0 Å². The molecule has 2 aliphatic rings. The standard InChI is InChI=1S/C16H22N2O2.ClH/c19-16(18-10-1-2-11-18)13-5-7-15(8-6-13)20-12-14-4-3-9-17-14;/h5-8,14,17H,1-4,9-12H2;1H. The van der Waals surface area contributed by atoms with Gasteiger partial charge in [-0.3, -0.25) is 4.79 Å². The van der Waals surface area contributed by atoms with E-state index in [0.29, 0.717) is 12.6 Å². The first-order chi connectivity index (χ1) is 9.83. The summed E-state index contributed by atoms with van der Waals surface area (Å²) < 4.78 is 5.76. The molecule has 1 aromatic rings. The molecule has 1 amide bonds. The zero-order valence-electron chi connectivity index (χ0n) is 12.2. The van der Waals surface area contributed by atoms with Crippen molar-refractivity contribution in [2.45, 2.75) is 31.7 Å². The van der Waals surface area contributed by atoms with E-state index in [9.17, 15) is 4.79 Å². The number of rotatable bonds is 4. The number of carbonyl (C=O) groups excluding carboxylic acids is 1. The van der Waals surface area contributed by atoms with Gasteiger partial charge in [0, 0.05) is 24.7 Å². The van der Waals surface area contributed by atoms with Gasteiger partial charge in [0.15, 0.2) is 0 Å². The lowest BCUT2D eigenvalue weighted by Gasteiger charge is -2.16. The van der Waals surface area contributed by atoms with Gasteiger partial charge in [-0.15, -0.1) is 12.4 Å². The molecule has 116 valence electrons. The summed E-state index contributed by atoms with van der Waals surface area (Å²) >= 11 is 0. The summed E-state index contributed by atoms with van der Waals surface area (Å²) in [7, 11) is 0. The summed E-state index contributed by atoms with van der Waals surface area (Å²) in [6.07, 6.45) is 4.67. The van der Waals surface area contributed by atoms with Gasteiger partial charge in [-0.05, 0) is 56.5 Å². The number of ether oxygens (including phenoxy) is 1. The first kappa shape index (κ1) is 16.1. The minimum Gasteiger partial charge on any atom is -0.492 e. The topological polar surface area (TPSA) is 41.6 Å². The largest absolute Gasteiger partial charge is 0.492 e. The van der Waals surface area contributed by atoms with E-state index in [1.807, 2.05) is 29.2 Å². The molecule has 1 N–H and O–H groups in total. The van der Waals surface area contributed by atoms with Gasteiger partial charge in [0.2, 0.25) is 0 Å². The first-order valence-electron chi connectivity index (χ1n) is 7.58. The van der Waals surface area contributed by atoms with E-state index in [-0.39, 0.29) is 18.3 Å². The fourth-order valence-corrected chi connectivity index (χ4v) is 2.89. The molecular formula is C16H23ClN2O2. The lowest BCUT2D eigenvalue weighted by atomic mass is 10.2. The zero-order valence-corrected chi connectivity index (χ0v) is 13.0. The molecule has 2 saturated heterocycles. The fourth-order valence-electron chi connectivity index (χ4n) is 2.89. The maximum atomic E-state index is 12.2. The van der Waals surface area contributed by atoms with Crippen LogP contribution < -0.4 is 10.1 Å². The van der Waals surface area contributed by atoms with Crippen LogP contribution in [-0.4, -0.2) is 43.1 Å². The van der Waals surface area contributed by atoms with Crippen LogP contribution in [0.3, 0.4) is 0 Å². The van der Waals surface area contributed by atoms with Crippen molar-refractivity contribution in [2.75, 3.05) is 26.2 Å². The number of carbonyl (C=O) groups is 1. The number of hydrogen-bond donors (Lipinski definition) is 1. The van der Waals surface area contributed by atoms with Crippen LogP contribution in [0.1, 0.15) is 36.0 Å². The lowest BCUT2D eigenvalue weighted by molar-refractivity contribution is 0.0793. The SMILES string of the molecule is Cl.O=C(c1ccc(OCC2CCCN2)cc1)N1CCCC1. The molecule has 21 heavy (non-hydrogen) atoms. The minimum atomic E-state index is 0. The molecule has 2 fully saturated rings. The number of nitrogens with zero attached hydrogens (tertiary/aromatic N) is 1. The molecule has 0 saturated carbocycles. The molecule has 0 aliphatic carbocycles. The van der Waals surface area contributed by atoms with E-state index >= 15 is 0 Å². The average molecular weight is 311 g/mol. The third-order valence-electron chi connectivity index (χ3n) is 4.11. The van der Waals surface area contributed by atoms with Crippen LogP contribution in [0, 0.1) is 0 Å². The molecule has 4 nitrogen and oxygen atoms in total. The van der Waals surface area contributed by atoms with Crippen molar-refractivity contribution < 1.29 is 9.53 Å². The monoisotopic (exact) mass is 310 g/mol. The third kappa shape index (κ3) is 4.11. The molecule has 0 spiro atoms. The summed E-state index contributed by atoms with van der Waals surface area (Å²) in [5, 5.41) is 3.41. The Labute approximate surface area is 132 Å². The Bertz CT molecular complexity index is 452. The summed E-state index contributed by atoms with van der Waals surface area (Å²) in [6, 6.07) is 8.02. The van der Waals surface area contributed by atoms with Crippen molar-refractivity contribution in [1.29, 1.82) is 0 Å². The number of likely N-dealkylation sites (tertiary alicyclic amines) is 1. The highest BCUT2D eigenvalue weighted by Gasteiger charge is 2.19. The van der Waals surface area contributed by atoms with Crippen LogP contribution in [0.15, 0.2) is 24.3 Å². The van der Waals surface area contributed by atoms with E-state index in [1.165, 1.54) is 12.8 Å². The Hall–Kier alpha value is -1.26. The highest BCUT2D eigenvalue weighted by atomic mass is 35.5. The molecule has 1 aromatic carbocycles. The van der Waals surface area contributed by atoms with E-state index in [0.717, 1.165) is 43.8 Å². The first-order valence-corrected chi connectivity index (χ1v) is 7.58. The predicted octanol–water partition coefficient (Wildman–Crippen LogP) is 2.48. The van der Waals surface area contributed by atoms with Gasteiger partial charge in [0.1, 0.15) is 12.4 Å². The predicted molar refractivity (Wildman–Crippen MR) is 85.3 cm³/mol. The fraction of sp³-hybridized carbons (Fsp3) is 0.562. The Balaban J connectivity index is 0.00000161. The highest BCUT2D eigenvalue weighted by molar-refractivity contribution is 5.94. The van der Waals surface area contributed by atoms with Crippen LogP contribution in [-0.2, 0) is 0 Å². The van der Waals surface area contributed by atoms with Crippen LogP contribution in [0.5, 0.6) is 5.75 Å². The van der Waals surface area contributed by atoms with Gasteiger partial charge < -0.3 is 15.0 Å². The molecule has 2 heterocycles. The Morgan fingerprint density at radius 2 is 1.90 bits per heavy atom. The lowest BCUT2D eigenvalue weighted by Crippen LogP contribution is -2.28. The van der Waals surface area contributed by atoms with Gasteiger partial charge >= 0.3 is 0 Å². The number of halogens is 1. The smallest absolute Gasteiger partial charge is 0.253 e. The summed E-state index contributed by atoms with van der Waals surface area (Å²) in [5.74, 6) is 0.989. The van der Waals surface area contributed by atoms with Gasteiger partial charge in [0.25, 0.3) is 5.91 Å². The van der Waals surface area contributed by atoms with Crippen molar-refractivity contribution in [3.8, 4) is 5.75 Å². The normalized spacial score (nSPS) is 21.1. The second-order valence-corrected chi connectivity index (χ2v) is 5.63. The van der Waals surface area contributed by atoms with Gasteiger partial charge in [-0.1, -0.05) is 0 Å². The number of nitrogens with one attached hydrogen (secondary N) is 1. The maximum absolute atomic E-state index is 12.2. The third-order valence-corrected chi connectivity index (χ3v) is 4.11. The van der Waals surface area contributed by atoms with E-state index in [1.54, 1.807) is 0 Å². The molecule has 0 aromatic heterocycles. The Kier molecular flexibility index (Phi) is 5.88. The van der Waals surface area contributed by atoms with Crippen LogP contribution in [0.25, 0.3) is 0 Å². The van der Waals surface area contributed by atoms with Crippen molar-refractivity contribution in [3.05, 3.63) is 29.8 Å². The highest BCUT2D eigenvalue weighted by Crippen LogP contribution is 2.17. The van der Waals surface area contributed by atoms with Gasteiger partial charge in [-0.25, -0.2) is 0 Å². The van der Waals surface area contributed by atoms with Gasteiger partial charge in [0.05, 0.1) is 0 Å².